The fraction of sp³-hybridized carbons (Fsp3) is 0.772. The van der Waals surface area contributed by atoms with Crippen molar-refractivity contribution < 1.29 is 32.8 Å². The van der Waals surface area contributed by atoms with Crippen LogP contribution >= 0.6 is 7.82 Å². The van der Waals surface area contributed by atoms with Gasteiger partial charge in [0.2, 0.25) is 0 Å². The second kappa shape index (κ2) is 53.9. The molecule has 0 saturated carbocycles. The monoisotopic (exact) mass is 946 g/mol. The van der Waals surface area contributed by atoms with Gasteiger partial charge in [-0.25, -0.2) is 4.57 Å². The molecule has 0 radical (unpaired) electrons. The molecular formula is C57H104NO7P. The average molecular weight is 946 g/mol. The Balaban J connectivity index is 3.92. The predicted octanol–water partition coefficient (Wildman–Crippen LogP) is 17.4. The third-order valence-electron chi connectivity index (χ3n) is 11.6. The lowest BCUT2D eigenvalue weighted by molar-refractivity contribution is -0.154. The molecule has 9 heteroatoms. The fourth-order valence-electron chi connectivity index (χ4n) is 7.61. The van der Waals surface area contributed by atoms with Crippen molar-refractivity contribution >= 4 is 13.8 Å². The van der Waals surface area contributed by atoms with Crippen molar-refractivity contribution in [1.29, 1.82) is 0 Å². The molecular weight excluding hydrogens is 842 g/mol. The highest BCUT2D eigenvalue weighted by Crippen LogP contribution is 2.43. The zero-order valence-electron chi connectivity index (χ0n) is 42.9. The van der Waals surface area contributed by atoms with Gasteiger partial charge in [-0.3, -0.25) is 13.8 Å². The van der Waals surface area contributed by atoms with Crippen LogP contribution in [0.5, 0.6) is 0 Å². The lowest BCUT2D eigenvalue weighted by atomic mass is 10.0. The maximum absolute atomic E-state index is 12.7. The van der Waals surface area contributed by atoms with E-state index < -0.39 is 13.9 Å². The van der Waals surface area contributed by atoms with Gasteiger partial charge < -0.3 is 20.1 Å². The molecule has 0 rings (SSSR count). The van der Waals surface area contributed by atoms with E-state index in [1.54, 1.807) is 0 Å². The number of allylic oxidation sites excluding steroid dienone is 12. The Morgan fingerprint density at radius 2 is 0.848 bits per heavy atom. The number of phosphoric acid groups is 1. The molecule has 0 saturated heterocycles. The first kappa shape index (κ1) is 63.9. The molecule has 3 N–H and O–H groups in total. The minimum Gasteiger partial charge on any atom is -0.457 e. The van der Waals surface area contributed by atoms with E-state index in [0.717, 1.165) is 64.2 Å². The number of ether oxygens (including phenoxy) is 2. The fourth-order valence-corrected chi connectivity index (χ4v) is 8.37. The van der Waals surface area contributed by atoms with Crippen LogP contribution in [0, 0.1) is 0 Å². The van der Waals surface area contributed by atoms with Gasteiger partial charge in [0.25, 0.3) is 0 Å². The zero-order valence-corrected chi connectivity index (χ0v) is 43.8. The van der Waals surface area contributed by atoms with Crippen LogP contribution < -0.4 is 5.73 Å². The summed E-state index contributed by atoms with van der Waals surface area (Å²) in [7, 11) is -4.29. The van der Waals surface area contributed by atoms with Crippen molar-refractivity contribution in [2.24, 2.45) is 5.73 Å². The molecule has 0 aromatic heterocycles. The second-order valence-electron chi connectivity index (χ2n) is 18.1. The number of unbranched alkanes of at least 4 members (excludes halogenated alkanes) is 27. The number of nitrogens with two attached hydrogens (primary N) is 1. The summed E-state index contributed by atoms with van der Waals surface area (Å²) in [6, 6.07) is 0. The summed E-state index contributed by atoms with van der Waals surface area (Å²) in [4.78, 5) is 22.7. The molecule has 0 aromatic carbocycles. The van der Waals surface area contributed by atoms with Gasteiger partial charge in [0.1, 0.15) is 6.10 Å². The SMILES string of the molecule is CC/C=C\C/C=C\C/C=C\C/C=C\CCCCCCCCCCCOCC(COP(=O)(O)OCCN)OC(=O)CCCCCCCCCCCCCCC/C=C\C/C=C\CCCCCCC. The first-order chi connectivity index (χ1) is 32.4. The number of carbonyl (C=O) groups is 1. The Bertz CT molecular complexity index is 1250. The molecule has 0 aliphatic rings. The summed E-state index contributed by atoms with van der Waals surface area (Å²) in [5, 5.41) is 0. The average Bonchev–Trinajstić information content (AvgIpc) is 3.31. The summed E-state index contributed by atoms with van der Waals surface area (Å²) in [6.45, 7) is 4.81. The Morgan fingerprint density at radius 1 is 0.470 bits per heavy atom. The van der Waals surface area contributed by atoms with Crippen LogP contribution in [0.15, 0.2) is 72.9 Å². The van der Waals surface area contributed by atoms with Crippen LogP contribution in [-0.2, 0) is 27.9 Å². The number of rotatable bonds is 52. The highest BCUT2D eigenvalue weighted by Gasteiger charge is 2.25. The van der Waals surface area contributed by atoms with E-state index in [2.05, 4.69) is 86.8 Å². The van der Waals surface area contributed by atoms with Crippen LogP contribution in [0.25, 0.3) is 0 Å². The van der Waals surface area contributed by atoms with Crippen LogP contribution in [0.4, 0.5) is 0 Å². The summed E-state index contributed by atoms with van der Waals surface area (Å²) < 4.78 is 33.7. The van der Waals surface area contributed by atoms with Gasteiger partial charge >= 0.3 is 13.8 Å². The van der Waals surface area contributed by atoms with E-state index in [1.807, 2.05) is 0 Å². The van der Waals surface area contributed by atoms with E-state index in [4.69, 9.17) is 24.3 Å². The number of hydrogen-bond donors (Lipinski definition) is 2. The van der Waals surface area contributed by atoms with Crippen molar-refractivity contribution in [2.75, 3.05) is 33.0 Å². The van der Waals surface area contributed by atoms with Crippen LogP contribution in [-0.4, -0.2) is 49.9 Å². The van der Waals surface area contributed by atoms with E-state index in [1.165, 1.54) is 161 Å². The molecule has 2 atom stereocenters. The largest absolute Gasteiger partial charge is 0.472 e. The molecule has 2 unspecified atom stereocenters. The molecule has 8 nitrogen and oxygen atoms in total. The van der Waals surface area contributed by atoms with Crippen molar-refractivity contribution in [3.63, 3.8) is 0 Å². The maximum atomic E-state index is 12.7. The molecule has 0 fully saturated rings. The smallest absolute Gasteiger partial charge is 0.457 e. The quantitative estimate of drug-likeness (QED) is 0.0268. The summed E-state index contributed by atoms with van der Waals surface area (Å²) >= 11 is 0. The Labute approximate surface area is 407 Å². The lowest BCUT2D eigenvalue weighted by Crippen LogP contribution is -2.28. The first-order valence-electron chi connectivity index (χ1n) is 27.4. The lowest BCUT2D eigenvalue weighted by Gasteiger charge is -2.20. The zero-order chi connectivity index (χ0) is 48.0. The number of phosphoric ester groups is 1. The Kier molecular flexibility index (Phi) is 52.2. The van der Waals surface area contributed by atoms with Gasteiger partial charge in [0, 0.05) is 19.6 Å². The van der Waals surface area contributed by atoms with E-state index in [9.17, 15) is 14.3 Å². The van der Waals surface area contributed by atoms with Crippen LogP contribution in [0.1, 0.15) is 245 Å². The third-order valence-corrected chi connectivity index (χ3v) is 12.6. The first-order valence-corrected chi connectivity index (χ1v) is 28.9. The molecule has 384 valence electrons. The predicted molar refractivity (Wildman–Crippen MR) is 284 cm³/mol. The normalized spacial score (nSPS) is 13.8. The van der Waals surface area contributed by atoms with Gasteiger partial charge in [0.05, 0.1) is 19.8 Å². The van der Waals surface area contributed by atoms with Crippen molar-refractivity contribution in [1.82, 2.24) is 0 Å². The summed E-state index contributed by atoms with van der Waals surface area (Å²) in [6.07, 6.45) is 69.4. The highest BCUT2D eigenvalue weighted by molar-refractivity contribution is 7.47. The molecule has 0 aliphatic heterocycles. The van der Waals surface area contributed by atoms with Crippen LogP contribution in [0.2, 0.25) is 0 Å². The molecule has 0 aliphatic carbocycles. The van der Waals surface area contributed by atoms with E-state index in [-0.39, 0.29) is 32.3 Å². The van der Waals surface area contributed by atoms with Crippen LogP contribution in [0.3, 0.4) is 0 Å². The number of carbonyl (C=O) groups excluding carboxylic acids is 1. The van der Waals surface area contributed by atoms with Crippen molar-refractivity contribution in [2.45, 2.75) is 251 Å². The molecule has 0 heterocycles. The molecule has 0 spiro atoms. The molecule has 66 heavy (non-hydrogen) atoms. The minimum absolute atomic E-state index is 0.0967. The Hall–Kier alpha value is -2.06. The summed E-state index contributed by atoms with van der Waals surface area (Å²) in [5.41, 5.74) is 5.40. The standard InChI is InChI=1S/C57H104NO7P/c1-3-5-7-9-11-13-15-17-19-21-23-25-27-28-29-30-32-34-36-38-40-42-44-46-48-50-57(59)65-56(55-64-66(60,61)63-53-51-58)54-62-52-49-47-45-43-41-39-37-35-33-31-26-24-22-20-18-16-14-12-10-8-6-4-2/h6,8,12,14-15,17-18,20-21,23-24,26,56H,3-5,7,9-11,13,16,19,22,25,27-55,58H2,1-2H3,(H,60,61)/b8-6-,14-12-,17-15-,20-18-,23-21-,26-24-. The van der Waals surface area contributed by atoms with Crippen molar-refractivity contribution in [3.05, 3.63) is 72.9 Å². The van der Waals surface area contributed by atoms with Gasteiger partial charge in [-0.15, -0.1) is 0 Å². The Morgan fingerprint density at radius 3 is 1.27 bits per heavy atom. The van der Waals surface area contributed by atoms with E-state index >= 15 is 0 Å². The molecule has 0 aromatic rings. The molecule has 0 amide bonds. The van der Waals surface area contributed by atoms with E-state index in [0.29, 0.717) is 13.0 Å². The number of esters is 1. The highest BCUT2D eigenvalue weighted by atomic mass is 31.2. The minimum atomic E-state index is -4.29. The topological polar surface area (TPSA) is 117 Å². The van der Waals surface area contributed by atoms with Crippen molar-refractivity contribution in [3.8, 4) is 0 Å². The summed E-state index contributed by atoms with van der Waals surface area (Å²) in [5.74, 6) is -0.333. The van der Waals surface area contributed by atoms with Gasteiger partial charge in [-0.1, -0.05) is 228 Å². The van der Waals surface area contributed by atoms with Gasteiger partial charge in [0.15, 0.2) is 0 Å². The van der Waals surface area contributed by atoms with Gasteiger partial charge in [-0.05, 0) is 83.5 Å². The molecule has 0 bridgehead atoms. The van der Waals surface area contributed by atoms with Gasteiger partial charge in [-0.2, -0.15) is 0 Å². The third kappa shape index (κ3) is 52.9. The maximum Gasteiger partial charge on any atom is 0.472 e. The number of hydrogen-bond acceptors (Lipinski definition) is 7. The second-order valence-corrected chi connectivity index (χ2v) is 19.5.